The molecule has 1 aromatic heterocycles. The highest BCUT2D eigenvalue weighted by Crippen LogP contribution is 2.44. The van der Waals surface area contributed by atoms with Crippen LogP contribution in [0, 0.1) is 5.82 Å². The molecule has 1 saturated carbocycles. The Morgan fingerprint density at radius 3 is 2.51 bits per heavy atom. The lowest BCUT2D eigenvalue weighted by Gasteiger charge is -2.47. The first-order valence-electron chi connectivity index (χ1n) is 16.4. The molecular formula is C36H39F4N5O5S. The minimum atomic E-state index is -4.58. The number of halogens is 4. The fourth-order valence-corrected chi connectivity index (χ4v) is 8.54. The Balaban J connectivity index is 1.32. The second kappa shape index (κ2) is 14.5. The molecule has 0 spiro atoms. The van der Waals surface area contributed by atoms with E-state index in [1.807, 2.05) is 23.9 Å². The van der Waals surface area contributed by atoms with Crippen LogP contribution in [-0.2, 0) is 22.7 Å². The number of alkyl halides is 3. The maximum atomic E-state index is 16.3. The summed E-state index contributed by atoms with van der Waals surface area (Å²) in [6.45, 7) is 0.409. The van der Waals surface area contributed by atoms with Crippen LogP contribution in [0.25, 0.3) is 0 Å². The fourth-order valence-electron chi connectivity index (χ4n) is 7.08. The first-order valence-corrected chi connectivity index (χ1v) is 17.8. The van der Waals surface area contributed by atoms with Crippen LogP contribution in [0.4, 0.5) is 29.1 Å². The summed E-state index contributed by atoms with van der Waals surface area (Å²) < 4.78 is 103. The van der Waals surface area contributed by atoms with Gasteiger partial charge in [-0.1, -0.05) is 18.2 Å². The third-order valence-electron chi connectivity index (χ3n) is 9.64. The van der Waals surface area contributed by atoms with E-state index < -0.39 is 32.5 Å². The molecule has 0 radical (unpaired) electrons. The maximum absolute atomic E-state index is 16.3. The van der Waals surface area contributed by atoms with Crippen molar-refractivity contribution in [2.45, 2.75) is 54.9 Å². The van der Waals surface area contributed by atoms with Gasteiger partial charge in [0, 0.05) is 48.1 Å². The largest absolute Gasteiger partial charge is 0.497 e. The molecule has 1 aliphatic carbocycles. The summed E-state index contributed by atoms with van der Waals surface area (Å²) in [7, 11) is 2.21. The number of hydrogen-bond acceptors (Lipinski definition) is 9. The molecule has 6 rings (SSSR count). The van der Waals surface area contributed by atoms with Gasteiger partial charge in [-0.15, -0.1) is 0 Å². The fraction of sp³-hybridized carbons (Fsp3) is 0.389. The highest BCUT2D eigenvalue weighted by Gasteiger charge is 2.40. The van der Waals surface area contributed by atoms with Crippen LogP contribution in [0.3, 0.4) is 0 Å². The Morgan fingerprint density at radius 2 is 1.82 bits per heavy atom. The Bertz CT molecular complexity index is 1970. The molecule has 10 nitrogen and oxygen atoms in total. The van der Waals surface area contributed by atoms with Crippen LogP contribution >= 0.6 is 0 Å². The highest BCUT2D eigenvalue weighted by molar-refractivity contribution is 7.92. The zero-order chi connectivity index (χ0) is 36.5. The molecule has 2 heterocycles. The maximum Gasteiger partial charge on any atom is 0.416 e. The van der Waals surface area contributed by atoms with Gasteiger partial charge in [0.15, 0.2) is 0 Å². The van der Waals surface area contributed by atoms with E-state index in [1.165, 1.54) is 57.1 Å². The lowest BCUT2D eigenvalue weighted by molar-refractivity contribution is -0.137. The van der Waals surface area contributed by atoms with Crippen LogP contribution in [-0.4, -0.2) is 76.8 Å². The van der Waals surface area contributed by atoms with Gasteiger partial charge in [-0.25, -0.2) is 27.1 Å². The molecule has 51 heavy (non-hydrogen) atoms. The molecule has 0 bridgehead atoms. The number of fused-ring (bicyclic) bond motifs is 1. The van der Waals surface area contributed by atoms with Gasteiger partial charge in [0.05, 0.1) is 38.6 Å². The van der Waals surface area contributed by atoms with Crippen LogP contribution in [0.2, 0.25) is 0 Å². The van der Waals surface area contributed by atoms with Gasteiger partial charge in [0.2, 0.25) is 0 Å². The zero-order valence-electron chi connectivity index (χ0n) is 28.6. The molecule has 0 saturated heterocycles. The number of hydrogen-bond donors (Lipinski definition) is 0. The third-order valence-corrected chi connectivity index (χ3v) is 11.4. The molecule has 0 N–H and O–H groups in total. The van der Waals surface area contributed by atoms with E-state index in [1.54, 1.807) is 24.3 Å². The molecule has 0 amide bonds. The molecule has 1 unspecified atom stereocenters. The third kappa shape index (κ3) is 7.40. The Morgan fingerprint density at radius 1 is 1.02 bits per heavy atom. The van der Waals surface area contributed by atoms with Gasteiger partial charge in [-0.2, -0.15) is 13.2 Å². The summed E-state index contributed by atoms with van der Waals surface area (Å²) in [5.41, 5.74) is 0.862. The van der Waals surface area contributed by atoms with Gasteiger partial charge in [0.1, 0.15) is 46.7 Å². The lowest BCUT2D eigenvalue weighted by Crippen LogP contribution is -2.54. The molecule has 2 aliphatic rings. The minimum absolute atomic E-state index is 0.0221. The van der Waals surface area contributed by atoms with Crippen molar-refractivity contribution in [2.24, 2.45) is 0 Å². The molecule has 1 aliphatic heterocycles. The second-order valence-electron chi connectivity index (χ2n) is 12.8. The molecule has 4 aromatic rings. The first kappa shape index (κ1) is 36.2. The van der Waals surface area contributed by atoms with E-state index in [9.17, 15) is 21.6 Å². The predicted molar refractivity (Wildman–Crippen MR) is 183 cm³/mol. The Labute approximate surface area is 294 Å². The van der Waals surface area contributed by atoms with Crippen LogP contribution in [0.15, 0.2) is 78.1 Å². The molecule has 1 fully saturated rings. The van der Waals surface area contributed by atoms with E-state index >= 15 is 4.39 Å². The SMILES string of the molecule is COc1ccc(CN(c2ccncn2)S(=O)(=O)c2cc3c(cc2F)N(C2CC[C@H](c4cccc(C(F)(F)F)c4)C[C@@H]2N(C)C)CCO3)c(OC)c1. The van der Waals surface area contributed by atoms with E-state index in [0.717, 1.165) is 10.4 Å². The average molecular weight is 730 g/mol. The van der Waals surface area contributed by atoms with Gasteiger partial charge < -0.3 is 24.0 Å². The number of benzene rings is 3. The standard InChI is InChI=1S/C36H39F4N5O5S/c1-43(2)30-17-24(23-6-5-7-26(16-23)36(38,39)40)9-11-29(30)44-14-15-50-33-20-34(28(37)19-31(33)44)51(46,47)45(35-12-13-41-22-42-35)21-25-8-10-27(48-3)18-32(25)49-4/h5-8,10,12-13,16,18-20,22,24,29-30H,9,11,14-15,17,21H2,1-4H3/t24-,29?,30-/m0/s1. The molecular weight excluding hydrogens is 690 g/mol. The second-order valence-corrected chi connectivity index (χ2v) is 14.6. The molecule has 15 heteroatoms. The van der Waals surface area contributed by atoms with Gasteiger partial charge in [-0.05, 0) is 63.0 Å². The van der Waals surface area contributed by atoms with Gasteiger partial charge >= 0.3 is 6.18 Å². The van der Waals surface area contributed by atoms with Crippen LogP contribution in [0.1, 0.15) is 41.9 Å². The van der Waals surface area contributed by atoms with Crippen molar-refractivity contribution in [3.8, 4) is 17.2 Å². The molecule has 3 aromatic carbocycles. The van der Waals surface area contributed by atoms with Crippen molar-refractivity contribution in [1.82, 2.24) is 14.9 Å². The van der Waals surface area contributed by atoms with Crippen LogP contribution < -0.4 is 23.4 Å². The number of rotatable bonds is 10. The number of likely N-dealkylation sites (N-methyl/N-ethyl adjacent to an activating group) is 1. The number of nitrogens with zero attached hydrogens (tertiary/aromatic N) is 5. The van der Waals surface area contributed by atoms with Crippen LogP contribution in [0.5, 0.6) is 17.2 Å². The Hall–Kier alpha value is -4.63. The summed E-state index contributed by atoms with van der Waals surface area (Å²) in [4.78, 5) is 11.6. The topological polar surface area (TPSA) is 97.3 Å². The summed E-state index contributed by atoms with van der Waals surface area (Å²) >= 11 is 0. The Kier molecular flexibility index (Phi) is 10.3. The smallest absolute Gasteiger partial charge is 0.416 e. The minimum Gasteiger partial charge on any atom is -0.497 e. The first-order chi connectivity index (χ1) is 24.3. The number of aromatic nitrogens is 2. The van der Waals surface area contributed by atoms with Gasteiger partial charge in [-0.3, -0.25) is 0 Å². The van der Waals surface area contributed by atoms with Crippen molar-refractivity contribution >= 4 is 21.5 Å². The number of sulfonamides is 1. The van der Waals surface area contributed by atoms with E-state index in [4.69, 9.17) is 14.2 Å². The molecule has 272 valence electrons. The monoisotopic (exact) mass is 729 g/mol. The number of methoxy groups -OCH3 is 2. The quantitative estimate of drug-likeness (QED) is 0.169. The number of ether oxygens (including phenoxy) is 3. The zero-order valence-corrected chi connectivity index (χ0v) is 29.4. The van der Waals surface area contributed by atoms with Crippen molar-refractivity contribution < 1.29 is 40.2 Å². The number of anilines is 2. The normalized spacial score (nSPS) is 19.3. The van der Waals surface area contributed by atoms with E-state index in [-0.39, 0.29) is 42.7 Å². The van der Waals surface area contributed by atoms with E-state index in [0.29, 0.717) is 54.1 Å². The lowest BCUT2D eigenvalue weighted by atomic mass is 9.77. The molecule has 3 atom stereocenters. The average Bonchev–Trinajstić information content (AvgIpc) is 3.13. The van der Waals surface area contributed by atoms with Crippen molar-refractivity contribution in [3.05, 3.63) is 95.7 Å². The van der Waals surface area contributed by atoms with E-state index in [2.05, 4.69) is 9.97 Å². The summed E-state index contributed by atoms with van der Waals surface area (Å²) in [5.74, 6) is 0.0426. The summed E-state index contributed by atoms with van der Waals surface area (Å²) in [5, 5.41) is 0. The van der Waals surface area contributed by atoms with Gasteiger partial charge in [0.25, 0.3) is 10.0 Å². The van der Waals surface area contributed by atoms with Crippen molar-refractivity contribution in [1.29, 1.82) is 0 Å². The summed E-state index contributed by atoms with van der Waals surface area (Å²) in [6.07, 6.45) is -0.00398. The highest BCUT2D eigenvalue weighted by atomic mass is 32.2. The van der Waals surface area contributed by atoms with Crippen molar-refractivity contribution in [3.63, 3.8) is 0 Å². The summed E-state index contributed by atoms with van der Waals surface area (Å²) in [6, 6.07) is 14.0. The predicted octanol–water partition coefficient (Wildman–Crippen LogP) is 6.51. The van der Waals surface area contributed by atoms with Crippen molar-refractivity contribution in [2.75, 3.05) is 50.7 Å².